The van der Waals surface area contributed by atoms with Gasteiger partial charge in [0.1, 0.15) is 0 Å². The first-order chi connectivity index (χ1) is 7.97. The Labute approximate surface area is 105 Å². The van der Waals surface area contributed by atoms with Gasteiger partial charge < -0.3 is 5.32 Å². The lowest BCUT2D eigenvalue weighted by Gasteiger charge is -2.08. The largest absolute Gasteiger partial charge is 0.326 e. The number of hydrogen-bond donors (Lipinski definition) is 1. The van der Waals surface area contributed by atoms with E-state index in [0.29, 0.717) is 18.1 Å². The summed E-state index contributed by atoms with van der Waals surface area (Å²) in [6.45, 7) is 4.02. The summed E-state index contributed by atoms with van der Waals surface area (Å²) >= 11 is 0. The molecule has 94 valence electrons. The summed E-state index contributed by atoms with van der Waals surface area (Å²) in [5.41, 5.74) is 1.76. The Kier molecular flexibility index (Phi) is 5.35. The van der Waals surface area contributed by atoms with Crippen molar-refractivity contribution in [1.82, 2.24) is 0 Å². The molecule has 1 rings (SSSR count). The molecule has 0 aliphatic carbocycles. The molecule has 0 radical (unpaired) electrons. The van der Waals surface area contributed by atoms with E-state index in [1.165, 1.54) is 0 Å². The van der Waals surface area contributed by atoms with E-state index in [1.807, 2.05) is 38.1 Å². The lowest BCUT2D eigenvalue weighted by Crippen LogP contribution is -2.13. The van der Waals surface area contributed by atoms with Crippen LogP contribution in [0.1, 0.15) is 25.8 Å². The number of carbonyl (C=O) groups excluding carboxylic acids is 1. The van der Waals surface area contributed by atoms with E-state index in [4.69, 9.17) is 0 Å². The molecule has 0 aliphatic heterocycles. The van der Waals surface area contributed by atoms with Crippen LogP contribution in [0.3, 0.4) is 0 Å². The predicted octanol–water partition coefficient (Wildman–Crippen LogP) is 2.55. The quantitative estimate of drug-likeness (QED) is 0.876. The summed E-state index contributed by atoms with van der Waals surface area (Å²) in [4.78, 5) is 11.6. The Bertz CT molecular complexity index is 416. The standard InChI is InChI=1S/C13H19NO2S/c1-10(2)7-13(15)14-12-6-4-5-11(8-12)9-17(3)16/h4-6,8,10H,7,9H2,1-3H3,(H,14,15)/t17-/m1/s1. The van der Waals surface area contributed by atoms with Crippen molar-refractivity contribution in [2.75, 3.05) is 11.6 Å². The number of carbonyl (C=O) groups is 1. The minimum atomic E-state index is -0.859. The molecule has 0 heterocycles. The minimum absolute atomic E-state index is 0.0229. The molecule has 0 bridgehead atoms. The fraction of sp³-hybridized carbons (Fsp3) is 0.462. The summed E-state index contributed by atoms with van der Waals surface area (Å²) in [7, 11) is -0.859. The van der Waals surface area contributed by atoms with Crippen LogP contribution in [0.2, 0.25) is 0 Å². The second-order valence-electron chi connectivity index (χ2n) is 4.56. The van der Waals surface area contributed by atoms with Crippen molar-refractivity contribution in [1.29, 1.82) is 0 Å². The molecule has 0 saturated carbocycles. The summed E-state index contributed by atoms with van der Waals surface area (Å²) in [5.74, 6) is 0.893. The van der Waals surface area contributed by atoms with Crippen LogP contribution in [0.5, 0.6) is 0 Å². The monoisotopic (exact) mass is 253 g/mol. The van der Waals surface area contributed by atoms with Gasteiger partial charge in [-0.05, 0) is 23.6 Å². The smallest absolute Gasteiger partial charge is 0.224 e. The third kappa shape index (κ3) is 5.63. The zero-order valence-electron chi connectivity index (χ0n) is 10.5. The molecule has 0 saturated heterocycles. The average Bonchev–Trinajstić information content (AvgIpc) is 2.14. The molecule has 1 aromatic carbocycles. The number of amides is 1. The van der Waals surface area contributed by atoms with Crippen LogP contribution in [0.4, 0.5) is 5.69 Å². The Hall–Kier alpha value is -1.16. The minimum Gasteiger partial charge on any atom is -0.326 e. The molecule has 0 unspecified atom stereocenters. The van der Waals surface area contributed by atoms with E-state index in [-0.39, 0.29) is 5.91 Å². The van der Waals surface area contributed by atoms with Gasteiger partial charge in [-0.2, -0.15) is 0 Å². The number of anilines is 1. The lowest BCUT2D eigenvalue weighted by molar-refractivity contribution is -0.116. The lowest BCUT2D eigenvalue weighted by atomic mass is 10.1. The van der Waals surface area contributed by atoms with Gasteiger partial charge in [-0.1, -0.05) is 26.0 Å². The van der Waals surface area contributed by atoms with Gasteiger partial charge in [-0.3, -0.25) is 9.00 Å². The molecule has 4 heteroatoms. The zero-order valence-corrected chi connectivity index (χ0v) is 11.3. The number of hydrogen-bond acceptors (Lipinski definition) is 2. The SMILES string of the molecule is CC(C)CC(=O)Nc1cccc(C[S@@](C)=O)c1. The van der Waals surface area contributed by atoms with Crippen LogP contribution in [0.25, 0.3) is 0 Å². The van der Waals surface area contributed by atoms with Crippen molar-refractivity contribution in [2.45, 2.75) is 26.0 Å². The van der Waals surface area contributed by atoms with Crippen LogP contribution in [0, 0.1) is 5.92 Å². The highest BCUT2D eigenvalue weighted by molar-refractivity contribution is 7.83. The van der Waals surface area contributed by atoms with Crippen molar-refractivity contribution < 1.29 is 9.00 Å². The number of benzene rings is 1. The molecule has 0 fully saturated rings. The first-order valence-electron chi connectivity index (χ1n) is 5.66. The van der Waals surface area contributed by atoms with Crippen molar-refractivity contribution in [3.8, 4) is 0 Å². The molecular weight excluding hydrogens is 234 g/mol. The Morgan fingerprint density at radius 1 is 1.41 bits per heavy atom. The molecular formula is C13H19NO2S. The van der Waals surface area contributed by atoms with Gasteiger partial charge in [0, 0.05) is 34.9 Å². The second kappa shape index (κ2) is 6.55. The van der Waals surface area contributed by atoms with Gasteiger partial charge >= 0.3 is 0 Å². The number of nitrogens with one attached hydrogen (secondary N) is 1. The molecule has 0 aromatic heterocycles. The highest BCUT2D eigenvalue weighted by Crippen LogP contribution is 2.13. The third-order valence-electron chi connectivity index (χ3n) is 2.17. The molecule has 1 N–H and O–H groups in total. The molecule has 1 atom stereocenters. The van der Waals surface area contributed by atoms with Gasteiger partial charge in [-0.25, -0.2) is 0 Å². The topological polar surface area (TPSA) is 46.2 Å². The Balaban J connectivity index is 2.65. The average molecular weight is 253 g/mol. The molecule has 1 amide bonds. The Morgan fingerprint density at radius 3 is 2.71 bits per heavy atom. The molecule has 3 nitrogen and oxygen atoms in total. The van der Waals surface area contributed by atoms with Crippen LogP contribution >= 0.6 is 0 Å². The van der Waals surface area contributed by atoms with E-state index in [9.17, 15) is 9.00 Å². The summed E-state index contributed by atoms with van der Waals surface area (Å²) in [6.07, 6.45) is 2.19. The molecule has 0 spiro atoms. The predicted molar refractivity (Wildman–Crippen MR) is 72.3 cm³/mol. The first kappa shape index (κ1) is 13.9. The highest BCUT2D eigenvalue weighted by atomic mass is 32.2. The fourth-order valence-corrected chi connectivity index (χ4v) is 2.21. The van der Waals surface area contributed by atoms with E-state index in [1.54, 1.807) is 6.26 Å². The molecule has 1 aromatic rings. The van der Waals surface area contributed by atoms with Gasteiger partial charge in [0.05, 0.1) is 0 Å². The maximum atomic E-state index is 11.6. The third-order valence-corrected chi connectivity index (χ3v) is 2.91. The van der Waals surface area contributed by atoms with Gasteiger partial charge in [0.25, 0.3) is 0 Å². The van der Waals surface area contributed by atoms with E-state index in [0.717, 1.165) is 11.3 Å². The second-order valence-corrected chi connectivity index (χ2v) is 6.00. The highest BCUT2D eigenvalue weighted by Gasteiger charge is 2.05. The summed E-state index contributed by atoms with van der Waals surface area (Å²) in [6, 6.07) is 7.51. The van der Waals surface area contributed by atoms with Gasteiger partial charge in [0.15, 0.2) is 0 Å². The van der Waals surface area contributed by atoms with E-state index in [2.05, 4.69) is 5.32 Å². The van der Waals surface area contributed by atoms with Crippen molar-refractivity contribution in [3.05, 3.63) is 29.8 Å². The first-order valence-corrected chi connectivity index (χ1v) is 7.39. The Morgan fingerprint density at radius 2 is 2.12 bits per heavy atom. The normalized spacial score (nSPS) is 12.5. The van der Waals surface area contributed by atoms with E-state index >= 15 is 0 Å². The maximum Gasteiger partial charge on any atom is 0.224 e. The maximum absolute atomic E-state index is 11.6. The van der Waals surface area contributed by atoms with Crippen LogP contribution < -0.4 is 5.32 Å². The van der Waals surface area contributed by atoms with Crippen molar-refractivity contribution in [2.24, 2.45) is 5.92 Å². The van der Waals surface area contributed by atoms with Crippen molar-refractivity contribution >= 4 is 22.4 Å². The summed E-state index contributed by atoms with van der Waals surface area (Å²) in [5, 5.41) is 2.85. The van der Waals surface area contributed by atoms with Gasteiger partial charge in [0.2, 0.25) is 5.91 Å². The number of rotatable bonds is 5. The zero-order chi connectivity index (χ0) is 12.8. The van der Waals surface area contributed by atoms with Gasteiger partial charge in [-0.15, -0.1) is 0 Å². The van der Waals surface area contributed by atoms with Crippen LogP contribution in [-0.2, 0) is 21.3 Å². The van der Waals surface area contributed by atoms with Crippen molar-refractivity contribution in [3.63, 3.8) is 0 Å². The van der Waals surface area contributed by atoms with E-state index < -0.39 is 10.8 Å². The molecule has 17 heavy (non-hydrogen) atoms. The fourth-order valence-electron chi connectivity index (χ4n) is 1.56. The summed E-state index contributed by atoms with van der Waals surface area (Å²) < 4.78 is 11.1. The molecule has 0 aliphatic rings. The van der Waals surface area contributed by atoms with Crippen LogP contribution in [-0.4, -0.2) is 16.4 Å². The van der Waals surface area contributed by atoms with Crippen LogP contribution in [0.15, 0.2) is 24.3 Å².